The monoisotopic (exact) mass is 812 g/mol. The van der Waals surface area contributed by atoms with Crippen molar-refractivity contribution in [2.45, 2.75) is 76.3 Å². The lowest BCUT2D eigenvalue weighted by Gasteiger charge is -2.29. The second-order valence-corrected chi connectivity index (χ2v) is 17.5. The number of halogens is 2. The first-order valence-electron chi connectivity index (χ1n) is 14.5. The summed E-state index contributed by atoms with van der Waals surface area (Å²) in [6.07, 6.45) is 1.22. The van der Waals surface area contributed by atoms with Crippen LogP contribution in [0.2, 0.25) is 0 Å². The van der Waals surface area contributed by atoms with Gasteiger partial charge in [-0.05, 0) is 86.1 Å². The molecular formula is C30H46Br2N4O8S2. The number of nitrogens with two attached hydrogens (primary N) is 2. The van der Waals surface area contributed by atoms with Crippen LogP contribution in [0.25, 0.3) is 0 Å². The SMILES string of the molecule is CC1(C)CCN(S(=O)(=O)c2ccc(Br)cc2)[C@H]1C(N)=O.CC1(C)CCN(S(=O)(=O)c2ccc(Br)cc2)[C@H]1C(N)=O.CCO.CCO. The number of sulfonamides is 2. The van der Waals surface area contributed by atoms with E-state index in [0.717, 1.165) is 8.95 Å². The maximum atomic E-state index is 12.7. The van der Waals surface area contributed by atoms with Crippen molar-refractivity contribution in [1.29, 1.82) is 0 Å². The molecule has 0 radical (unpaired) electrons. The van der Waals surface area contributed by atoms with Crippen LogP contribution in [0.3, 0.4) is 0 Å². The van der Waals surface area contributed by atoms with Gasteiger partial charge in [-0.25, -0.2) is 16.8 Å². The van der Waals surface area contributed by atoms with Gasteiger partial charge in [0, 0.05) is 35.2 Å². The Labute approximate surface area is 289 Å². The third-order valence-electron chi connectivity index (χ3n) is 7.39. The first kappa shape index (κ1) is 42.1. The van der Waals surface area contributed by atoms with E-state index in [-0.39, 0.29) is 23.0 Å². The van der Waals surface area contributed by atoms with Gasteiger partial charge in [0.05, 0.1) is 9.79 Å². The van der Waals surface area contributed by atoms with Crippen LogP contribution in [0.4, 0.5) is 0 Å². The minimum atomic E-state index is -3.71. The molecule has 12 nitrogen and oxygen atoms in total. The minimum Gasteiger partial charge on any atom is -0.397 e. The van der Waals surface area contributed by atoms with Crippen molar-refractivity contribution in [3.8, 4) is 0 Å². The summed E-state index contributed by atoms with van der Waals surface area (Å²) in [6.45, 7) is 11.9. The fourth-order valence-electron chi connectivity index (χ4n) is 5.16. The zero-order valence-electron chi connectivity index (χ0n) is 27.0. The van der Waals surface area contributed by atoms with E-state index >= 15 is 0 Å². The molecule has 2 atom stereocenters. The van der Waals surface area contributed by atoms with Crippen LogP contribution in [0.1, 0.15) is 54.4 Å². The highest BCUT2D eigenvalue weighted by molar-refractivity contribution is 9.10. The number of aliphatic hydroxyl groups is 2. The van der Waals surface area contributed by atoms with E-state index in [4.69, 9.17) is 21.7 Å². The molecule has 0 bridgehead atoms. The number of primary amides is 2. The Morgan fingerprint density at radius 3 is 1.15 bits per heavy atom. The molecule has 2 aliphatic heterocycles. The Kier molecular flexibility index (Phi) is 16.0. The largest absolute Gasteiger partial charge is 0.397 e. The summed E-state index contributed by atoms with van der Waals surface area (Å²) >= 11 is 6.53. The number of carbonyl (C=O) groups excluding carboxylic acids is 2. The molecule has 0 aliphatic carbocycles. The highest BCUT2D eigenvalue weighted by Gasteiger charge is 2.50. The molecule has 2 amide bonds. The average molecular weight is 815 g/mol. The fourth-order valence-corrected chi connectivity index (χ4v) is 9.19. The van der Waals surface area contributed by atoms with E-state index in [9.17, 15) is 26.4 Å². The van der Waals surface area contributed by atoms with Crippen LogP contribution in [0.15, 0.2) is 67.3 Å². The van der Waals surface area contributed by atoms with Gasteiger partial charge < -0.3 is 21.7 Å². The molecule has 0 saturated carbocycles. The smallest absolute Gasteiger partial charge is 0.243 e. The van der Waals surface area contributed by atoms with Gasteiger partial charge in [-0.2, -0.15) is 8.61 Å². The van der Waals surface area contributed by atoms with Gasteiger partial charge >= 0.3 is 0 Å². The number of carbonyl (C=O) groups is 2. The Balaban J connectivity index is 0.000000393. The summed E-state index contributed by atoms with van der Waals surface area (Å²) in [5.41, 5.74) is 9.92. The summed E-state index contributed by atoms with van der Waals surface area (Å²) in [5, 5.41) is 15.1. The lowest BCUT2D eigenvalue weighted by molar-refractivity contribution is -0.124. The third kappa shape index (κ3) is 10.5. The maximum Gasteiger partial charge on any atom is 0.243 e. The summed E-state index contributed by atoms with van der Waals surface area (Å²) in [7, 11) is -7.42. The molecule has 46 heavy (non-hydrogen) atoms. The van der Waals surface area contributed by atoms with Crippen LogP contribution in [0.5, 0.6) is 0 Å². The molecule has 2 heterocycles. The van der Waals surface area contributed by atoms with Crippen LogP contribution in [-0.2, 0) is 29.6 Å². The topological polar surface area (TPSA) is 201 Å². The molecule has 2 saturated heterocycles. The highest BCUT2D eigenvalue weighted by Crippen LogP contribution is 2.40. The van der Waals surface area contributed by atoms with Crippen molar-refractivity contribution < 1.29 is 36.6 Å². The van der Waals surface area contributed by atoms with Gasteiger partial charge in [0.15, 0.2) is 0 Å². The van der Waals surface area contributed by atoms with Gasteiger partial charge in [-0.3, -0.25) is 9.59 Å². The predicted molar refractivity (Wildman–Crippen MR) is 184 cm³/mol. The zero-order valence-corrected chi connectivity index (χ0v) is 31.8. The average Bonchev–Trinajstić information content (AvgIpc) is 3.46. The number of rotatable bonds is 6. The first-order valence-corrected chi connectivity index (χ1v) is 19.0. The fraction of sp³-hybridized carbons (Fsp3) is 0.533. The first-order chi connectivity index (χ1) is 21.1. The molecule has 4 rings (SSSR count). The number of aliphatic hydroxyl groups excluding tert-OH is 2. The van der Waals surface area contributed by atoms with Gasteiger partial charge in [0.25, 0.3) is 0 Å². The second-order valence-electron chi connectivity index (χ2n) is 11.9. The number of hydrogen-bond acceptors (Lipinski definition) is 8. The standard InChI is InChI=1S/2C13H17BrN2O3S.2C2H6O/c2*1-13(2)7-8-16(11(13)12(15)17)20(18,19)10-5-3-9(14)4-6-10;2*1-2-3/h2*3-6,11H,7-8H2,1-2H3,(H2,15,17);2*3H,2H2,1H3/t2*11-;;/m00../s1. The van der Waals surface area contributed by atoms with E-state index in [0.29, 0.717) is 25.9 Å². The molecule has 6 N–H and O–H groups in total. The summed E-state index contributed by atoms with van der Waals surface area (Å²) in [5.74, 6) is -1.21. The molecule has 0 aromatic heterocycles. The van der Waals surface area contributed by atoms with E-state index in [2.05, 4.69) is 31.9 Å². The molecule has 0 spiro atoms. The van der Waals surface area contributed by atoms with Crippen LogP contribution < -0.4 is 11.5 Å². The van der Waals surface area contributed by atoms with E-state index < -0.39 is 54.8 Å². The van der Waals surface area contributed by atoms with Gasteiger partial charge in [0.2, 0.25) is 31.9 Å². The Hall–Kier alpha value is -1.92. The van der Waals surface area contributed by atoms with Crippen molar-refractivity contribution >= 4 is 63.7 Å². The Morgan fingerprint density at radius 1 is 0.696 bits per heavy atom. The highest BCUT2D eigenvalue weighted by atomic mass is 79.9. The maximum absolute atomic E-state index is 12.7. The third-order valence-corrected chi connectivity index (χ3v) is 12.2. The van der Waals surface area contributed by atoms with Crippen LogP contribution in [-0.4, -0.2) is 85.9 Å². The predicted octanol–water partition coefficient (Wildman–Crippen LogP) is 3.44. The van der Waals surface area contributed by atoms with Gasteiger partial charge in [-0.1, -0.05) is 59.6 Å². The lowest BCUT2D eigenvalue weighted by atomic mass is 9.85. The Bertz CT molecular complexity index is 1400. The van der Waals surface area contributed by atoms with Crippen LogP contribution in [0, 0.1) is 10.8 Å². The lowest BCUT2D eigenvalue weighted by Crippen LogP contribution is -2.49. The Morgan fingerprint density at radius 2 is 0.935 bits per heavy atom. The van der Waals surface area contributed by atoms with Crippen molar-refractivity contribution in [2.24, 2.45) is 22.3 Å². The molecule has 2 aliphatic rings. The van der Waals surface area contributed by atoms with Gasteiger partial charge in [-0.15, -0.1) is 0 Å². The summed E-state index contributed by atoms with van der Waals surface area (Å²) < 4.78 is 54.6. The van der Waals surface area contributed by atoms with Crippen LogP contribution >= 0.6 is 31.9 Å². The zero-order chi connectivity index (χ0) is 35.7. The summed E-state index contributed by atoms with van der Waals surface area (Å²) in [6, 6.07) is 11.1. The number of amides is 2. The van der Waals surface area contributed by atoms with E-state index in [1.807, 2.05) is 27.7 Å². The molecule has 0 unspecified atom stereocenters. The molecule has 2 fully saturated rings. The van der Waals surface area contributed by atoms with Crippen molar-refractivity contribution in [3.63, 3.8) is 0 Å². The van der Waals surface area contributed by atoms with Crippen molar-refractivity contribution in [2.75, 3.05) is 26.3 Å². The van der Waals surface area contributed by atoms with Crippen molar-refractivity contribution in [1.82, 2.24) is 8.61 Å². The quantitative estimate of drug-likeness (QED) is 0.340. The second kappa shape index (κ2) is 17.5. The van der Waals surface area contributed by atoms with Crippen molar-refractivity contribution in [3.05, 3.63) is 57.5 Å². The number of benzene rings is 2. The molecule has 2 aromatic carbocycles. The molecule has 16 heteroatoms. The number of nitrogens with zero attached hydrogens (tertiary/aromatic N) is 2. The molecule has 2 aromatic rings. The minimum absolute atomic E-state index is 0.171. The number of hydrogen-bond donors (Lipinski definition) is 4. The normalized spacial score (nSPS) is 20.7. The summed E-state index contributed by atoms with van der Waals surface area (Å²) in [4.78, 5) is 23.7. The van der Waals surface area contributed by atoms with E-state index in [1.165, 1.54) is 32.9 Å². The molecular weight excluding hydrogens is 768 g/mol. The molecule has 260 valence electrons. The van der Waals surface area contributed by atoms with E-state index in [1.54, 1.807) is 38.1 Å². The van der Waals surface area contributed by atoms with Gasteiger partial charge in [0.1, 0.15) is 12.1 Å².